The third kappa shape index (κ3) is 4.35. The van der Waals surface area contributed by atoms with Crippen molar-refractivity contribution in [1.82, 2.24) is 15.1 Å². The van der Waals surface area contributed by atoms with Crippen molar-refractivity contribution >= 4 is 5.91 Å². The average molecular weight is 482 g/mol. The van der Waals surface area contributed by atoms with Crippen LogP contribution in [0.5, 0.6) is 17.2 Å². The van der Waals surface area contributed by atoms with E-state index in [0.29, 0.717) is 29.2 Å². The van der Waals surface area contributed by atoms with E-state index in [1.165, 1.54) is 0 Å². The lowest BCUT2D eigenvalue weighted by molar-refractivity contribution is 0.0740. The predicted octanol–water partition coefficient (Wildman–Crippen LogP) is 6.93. The van der Waals surface area contributed by atoms with Gasteiger partial charge in [0.1, 0.15) is 28.6 Å². The number of aromatic hydroxyl groups is 1. The summed E-state index contributed by atoms with van der Waals surface area (Å²) >= 11 is 0. The third-order valence-corrected chi connectivity index (χ3v) is 6.72. The minimum Gasteiger partial charge on any atom is -0.507 e. The number of carbonyl (C=O) groups excluding carboxylic acids is 1. The predicted molar refractivity (Wildman–Crippen MR) is 141 cm³/mol. The Balaban J connectivity index is 1.61. The number of benzene rings is 3. The molecule has 2 N–H and O–H groups in total. The van der Waals surface area contributed by atoms with E-state index in [-0.39, 0.29) is 17.7 Å². The fourth-order valence-electron chi connectivity index (χ4n) is 5.02. The maximum absolute atomic E-state index is 13.6. The fourth-order valence-corrected chi connectivity index (χ4v) is 5.02. The summed E-state index contributed by atoms with van der Waals surface area (Å²) < 4.78 is 6.11. The van der Waals surface area contributed by atoms with Crippen LogP contribution in [0.1, 0.15) is 65.0 Å². The molecule has 1 aliphatic rings. The zero-order valence-electron chi connectivity index (χ0n) is 20.9. The van der Waals surface area contributed by atoms with Crippen molar-refractivity contribution in [1.29, 1.82) is 0 Å². The summed E-state index contributed by atoms with van der Waals surface area (Å²) in [5.41, 5.74) is 5.28. The number of phenolic OH excluding ortho intramolecular Hbond substituents is 1. The molecule has 0 spiro atoms. The molecule has 1 unspecified atom stereocenters. The SMILES string of the molecule is CCCCCN1C(=O)c2[nH]nc(-c3cc(C)cc(C)c3O)c2C1c1cccc(Oc2ccccc2)c1. The number of aromatic amines is 1. The first-order valence-corrected chi connectivity index (χ1v) is 12.5. The van der Waals surface area contributed by atoms with E-state index >= 15 is 0 Å². The van der Waals surface area contributed by atoms with E-state index in [1.54, 1.807) is 0 Å². The summed E-state index contributed by atoms with van der Waals surface area (Å²) in [6.45, 7) is 6.67. The van der Waals surface area contributed by atoms with Gasteiger partial charge in [-0.2, -0.15) is 5.10 Å². The van der Waals surface area contributed by atoms with Crippen molar-refractivity contribution < 1.29 is 14.6 Å². The topological polar surface area (TPSA) is 78.5 Å². The van der Waals surface area contributed by atoms with Crippen LogP contribution in [-0.4, -0.2) is 32.7 Å². The number of aromatic nitrogens is 2. The second kappa shape index (κ2) is 9.90. The monoisotopic (exact) mass is 481 g/mol. The smallest absolute Gasteiger partial charge is 0.273 e. The van der Waals surface area contributed by atoms with Gasteiger partial charge in [0.15, 0.2) is 0 Å². The minimum atomic E-state index is -0.336. The van der Waals surface area contributed by atoms with Crippen LogP contribution in [-0.2, 0) is 0 Å². The molecule has 1 aromatic heterocycles. The van der Waals surface area contributed by atoms with Gasteiger partial charge in [-0.15, -0.1) is 0 Å². The van der Waals surface area contributed by atoms with E-state index in [9.17, 15) is 9.90 Å². The van der Waals surface area contributed by atoms with E-state index < -0.39 is 0 Å². The number of hydrogen-bond acceptors (Lipinski definition) is 4. The molecule has 6 heteroatoms. The van der Waals surface area contributed by atoms with Crippen LogP contribution in [0.25, 0.3) is 11.3 Å². The van der Waals surface area contributed by atoms with Gasteiger partial charge in [0.25, 0.3) is 5.91 Å². The minimum absolute atomic E-state index is 0.0666. The highest BCUT2D eigenvalue weighted by molar-refractivity contribution is 6.00. The number of nitrogens with one attached hydrogen (secondary N) is 1. The molecule has 4 aromatic rings. The van der Waals surface area contributed by atoms with Crippen molar-refractivity contribution in [3.8, 4) is 28.5 Å². The molecule has 3 aromatic carbocycles. The Hall–Kier alpha value is -4.06. The molecule has 1 amide bonds. The maximum atomic E-state index is 13.6. The van der Waals surface area contributed by atoms with Crippen molar-refractivity contribution in [2.24, 2.45) is 0 Å². The summed E-state index contributed by atoms with van der Waals surface area (Å²) in [7, 11) is 0. The van der Waals surface area contributed by atoms with Crippen LogP contribution >= 0.6 is 0 Å². The number of aryl methyl sites for hydroxylation is 2. The van der Waals surface area contributed by atoms with Crippen LogP contribution in [0.4, 0.5) is 0 Å². The fraction of sp³-hybridized carbons (Fsp3) is 0.267. The molecule has 0 fully saturated rings. The second-order valence-corrected chi connectivity index (χ2v) is 9.43. The average Bonchev–Trinajstić information content (AvgIpc) is 3.41. The quantitative estimate of drug-likeness (QED) is 0.268. The summed E-state index contributed by atoms with van der Waals surface area (Å²) in [5.74, 6) is 1.57. The molecule has 0 bridgehead atoms. The molecule has 0 aliphatic carbocycles. The number of H-pyrrole nitrogens is 1. The van der Waals surface area contributed by atoms with Gasteiger partial charge in [0, 0.05) is 17.7 Å². The van der Waals surface area contributed by atoms with Crippen LogP contribution in [0, 0.1) is 13.8 Å². The van der Waals surface area contributed by atoms with E-state index in [0.717, 1.165) is 47.3 Å². The lowest BCUT2D eigenvalue weighted by Gasteiger charge is -2.27. The molecule has 184 valence electrons. The third-order valence-electron chi connectivity index (χ3n) is 6.72. The highest BCUT2D eigenvalue weighted by Gasteiger charge is 2.42. The van der Waals surface area contributed by atoms with Gasteiger partial charge in [0.2, 0.25) is 0 Å². The van der Waals surface area contributed by atoms with Gasteiger partial charge >= 0.3 is 0 Å². The first kappa shape index (κ1) is 23.7. The number of ether oxygens (including phenoxy) is 1. The largest absolute Gasteiger partial charge is 0.507 e. The molecule has 5 rings (SSSR count). The highest BCUT2D eigenvalue weighted by atomic mass is 16.5. The summed E-state index contributed by atoms with van der Waals surface area (Å²) in [6, 6.07) is 21.1. The number of carbonyl (C=O) groups is 1. The zero-order chi connectivity index (χ0) is 25.2. The van der Waals surface area contributed by atoms with E-state index in [4.69, 9.17) is 4.74 Å². The van der Waals surface area contributed by atoms with Gasteiger partial charge in [-0.1, -0.05) is 56.2 Å². The van der Waals surface area contributed by atoms with Crippen LogP contribution < -0.4 is 4.74 Å². The number of amides is 1. The number of rotatable bonds is 8. The molecular weight excluding hydrogens is 450 g/mol. The number of para-hydroxylation sites is 1. The van der Waals surface area contributed by atoms with E-state index in [1.807, 2.05) is 85.5 Å². The standard InChI is InChI=1S/C30H31N3O3/c1-4-5-9-15-33-28(21-11-10-14-23(18-21)36-22-12-7-6-8-13-22)25-26(31-32-27(25)30(33)35)24-17-19(2)16-20(3)29(24)34/h6-8,10-14,16-18,28,34H,4-5,9,15H2,1-3H3,(H,31,32). The number of fused-ring (bicyclic) bond motifs is 1. The van der Waals surface area contributed by atoms with Gasteiger partial charge in [0.05, 0.1) is 6.04 Å². The molecule has 0 radical (unpaired) electrons. The Labute approximate surface area is 211 Å². The number of nitrogens with zero attached hydrogens (tertiary/aromatic N) is 2. The second-order valence-electron chi connectivity index (χ2n) is 9.43. The zero-order valence-corrected chi connectivity index (χ0v) is 20.9. The molecule has 36 heavy (non-hydrogen) atoms. The number of hydrogen-bond donors (Lipinski definition) is 2. The van der Waals surface area contributed by atoms with Crippen LogP contribution in [0.15, 0.2) is 66.7 Å². The molecule has 1 aliphatic heterocycles. The van der Waals surface area contributed by atoms with E-state index in [2.05, 4.69) is 17.1 Å². The summed E-state index contributed by atoms with van der Waals surface area (Å²) in [5, 5.41) is 18.4. The van der Waals surface area contributed by atoms with Crippen molar-refractivity contribution in [2.45, 2.75) is 46.1 Å². The lowest BCUT2D eigenvalue weighted by Crippen LogP contribution is -2.30. The van der Waals surface area contributed by atoms with Gasteiger partial charge in [-0.05, 0) is 67.3 Å². The molecular formula is C30H31N3O3. The number of phenols is 1. The maximum Gasteiger partial charge on any atom is 0.273 e. The van der Waals surface area contributed by atoms with Crippen molar-refractivity contribution in [3.63, 3.8) is 0 Å². The number of unbranched alkanes of at least 4 members (excludes halogenated alkanes) is 2. The molecule has 2 heterocycles. The van der Waals surface area contributed by atoms with Gasteiger partial charge in [-0.25, -0.2) is 0 Å². The van der Waals surface area contributed by atoms with Crippen molar-refractivity contribution in [2.75, 3.05) is 6.54 Å². The Kier molecular flexibility index (Phi) is 6.51. The van der Waals surface area contributed by atoms with Gasteiger partial charge < -0.3 is 14.7 Å². The van der Waals surface area contributed by atoms with Gasteiger partial charge in [-0.3, -0.25) is 9.89 Å². The Morgan fingerprint density at radius 2 is 1.78 bits per heavy atom. The Morgan fingerprint density at radius 3 is 2.56 bits per heavy atom. The Morgan fingerprint density at radius 1 is 1.00 bits per heavy atom. The van der Waals surface area contributed by atoms with Crippen LogP contribution in [0.2, 0.25) is 0 Å². The Bertz CT molecular complexity index is 1390. The first-order chi connectivity index (χ1) is 17.5. The van der Waals surface area contributed by atoms with Crippen molar-refractivity contribution in [3.05, 3.63) is 94.7 Å². The summed E-state index contributed by atoms with van der Waals surface area (Å²) in [6.07, 6.45) is 3.03. The first-order valence-electron chi connectivity index (χ1n) is 12.5. The molecule has 6 nitrogen and oxygen atoms in total. The normalized spacial score (nSPS) is 14.8. The molecule has 0 saturated heterocycles. The highest BCUT2D eigenvalue weighted by Crippen LogP contribution is 2.46. The lowest BCUT2D eigenvalue weighted by atomic mass is 9.94. The molecule has 1 atom stereocenters. The summed E-state index contributed by atoms with van der Waals surface area (Å²) in [4.78, 5) is 15.5. The molecule has 0 saturated carbocycles. The van der Waals surface area contributed by atoms with Crippen LogP contribution in [0.3, 0.4) is 0 Å².